The molecule has 0 bridgehead atoms. The smallest absolute Gasteiger partial charge is 0.257 e. The number of halogens is 3. The SMILES string of the molecule is CC1(CO)C(O)CCC2(C)C(CC(=O)NCc3cc(F)cc(F)c3)c3nc(NC(=O)c4ccc(F)cc4)sc3CC12. The molecule has 1 heterocycles. The number of hydrogen-bond acceptors (Lipinski definition) is 6. The molecule has 0 saturated heterocycles. The molecule has 7 nitrogen and oxygen atoms in total. The zero-order valence-corrected chi connectivity index (χ0v) is 23.5. The number of rotatable bonds is 7. The minimum absolute atomic E-state index is 0.0183. The Labute approximate surface area is 239 Å². The Morgan fingerprint density at radius 3 is 2.41 bits per heavy atom. The lowest BCUT2D eigenvalue weighted by atomic mass is 9.47. The van der Waals surface area contributed by atoms with Crippen LogP contribution in [-0.4, -0.2) is 39.7 Å². The average Bonchev–Trinajstić information content (AvgIpc) is 3.32. The lowest BCUT2D eigenvalue weighted by Gasteiger charge is -2.58. The Morgan fingerprint density at radius 2 is 1.76 bits per heavy atom. The molecule has 2 amide bonds. The molecule has 218 valence electrons. The standard InChI is InChI=1S/C30H32F3N3O4S/c1-29-8-7-24(38)30(2,15-37)23(29)13-22-26(35-28(41-22)36-27(40)17-3-5-18(31)6-4-17)21(29)12-25(39)34-14-16-9-19(32)11-20(33)10-16/h3-6,9-11,21,23-24,37-38H,7-8,12-15H2,1-2H3,(H,34,39)(H,35,36,40). The van der Waals surface area contributed by atoms with Gasteiger partial charge in [-0.1, -0.05) is 13.8 Å². The highest BCUT2D eigenvalue weighted by Crippen LogP contribution is 2.62. The number of carbonyl (C=O) groups excluding carboxylic acids is 2. The van der Waals surface area contributed by atoms with Crippen molar-refractivity contribution in [2.75, 3.05) is 11.9 Å². The Kier molecular flexibility index (Phi) is 7.97. The van der Waals surface area contributed by atoms with Gasteiger partial charge < -0.3 is 15.5 Å². The number of nitrogens with zero attached hydrogens (tertiary/aromatic N) is 1. The highest BCUT2D eigenvalue weighted by molar-refractivity contribution is 7.15. The molecular formula is C30H32F3N3O4S. The van der Waals surface area contributed by atoms with Crippen LogP contribution < -0.4 is 10.6 Å². The Morgan fingerprint density at radius 1 is 1.07 bits per heavy atom. The molecule has 11 heteroatoms. The monoisotopic (exact) mass is 587 g/mol. The normalized spacial score (nSPS) is 27.0. The van der Waals surface area contributed by atoms with Crippen molar-refractivity contribution >= 4 is 28.3 Å². The minimum Gasteiger partial charge on any atom is -0.396 e. The van der Waals surface area contributed by atoms with Crippen molar-refractivity contribution in [2.45, 2.75) is 58.1 Å². The van der Waals surface area contributed by atoms with Crippen molar-refractivity contribution in [3.8, 4) is 0 Å². The molecule has 0 spiro atoms. The van der Waals surface area contributed by atoms with Gasteiger partial charge in [-0.25, -0.2) is 18.2 Å². The largest absolute Gasteiger partial charge is 0.396 e. The van der Waals surface area contributed by atoms with Gasteiger partial charge in [0.25, 0.3) is 5.91 Å². The van der Waals surface area contributed by atoms with Crippen LogP contribution in [0.3, 0.4) is 0 Å². The maximum absolute atomic E-state index is 13.6. The van der Waals surface area contributed by atoms with E-state index >= 15 is 0 Å². The second-order valence-electron chi connectivity index (χ2n) is 11.6. The van der Waals surface area contributed by atoms with E-state index in [2.05, 4.69) is 17.6 Å². The molecule has 41 heavy (non-hydrogen) atoms. The van der Waals surface area contributed by atoms with Crippen LogP contribution >= 0.6 is 11.3 Å². The van der Waals surface area contributed by atoms with Gasteiger partial charge in [0, 0.05) is 40.8 Å². The van der Waals surface area contributed by atoms with Crippen LogP contribution in [0.1, 0.15) is 65.5 Å². The van der Waals surface area contributed by atoms with Crippen molar-refractivity contribution in [3.63, 3.8) is 0 Å². The van der Waals surface area contributed by atoms with Gasteiger partial charge in [-0.2, -0.15) is 0 Å². The molecule has 0 radical (unpaired) electrons. The summed E-state index contributed by atoms with van der Waals surface area (Å²) in [5.74, 6) is -3.31. The van der Waals surface area contributed by atoms with Gasteiger partial charge in [0.05, 0.1) is 18.4 Å². The summed E-state index contributed by atoms with van der Waals surface area (Å²) in [6.45, 7) is 3.62. The number of carbonyl (C=O) groups is 2. The van der Waals surface area contributed by atoms with E-state index in [-0.39, 0.29) is 42.5 Å². The fraction of sp³-hybridized carbons (Fsp3) is 0.433. The summed E-state index contributed by atoms with van der Waals surface area (Å²) < 4.78 is 40.6. The molecule has 5 atom stereocenters. The van der Waals surface area contributed by atoms with E-state index in [9.17, 15) is 33.0 Å². The Balaban J connectivity index is 1.44. The van der Waals surface area contributed by atoms with Crippen LogP contribution in [0.2, 0.25) is 0 Å². The fourth-order valence-corrected chi connectivity index (χ4v) is 7.70. The topological polar surface area (TPSA) is 112 Å². The number of benzene rings is 2. The van der Waals surface area contributed by atoms with Gasteiger partial charge in [-0.05, 0) is 72.6 Å². The van der Waals surface area contributed by atoms with Crippen LogP contribution in [0.4, 0.5) is 18.3 Å². The lowest BCUT2D eigenvalue weighted by Crippen LogP contribution is -2.57. The van der Waals surface area contributed by atoms with Crippen molar-refractivity contribution in [1.82, 2.24) is 10.3 Å². The molecule has 2 aromatic carbocycles. The van der Waals surface area contributed by atoms with Crippen LogP contribution in [-0.2, 0) is 17.8 Å². The summed E-state index contributed by atoms with van der Waals surface area (Å²) in [5.41, 5.74) is -0.108. The summed E-state index contributed by atoms with van der Waals surface area (Å²) in [7, 11) is 0. The van der Waals surface area contributed by atoms with Crippen molar-refractivity contribution in [1.29, 1.82) is 0 Å². The number of amides is 2. The van der Waals surface area contributed by atoms with Gasteiger partial charge in [0.1, 0.15) is 17.5 Å². The van der Waals surface area contributed by atoms with Crippen molar-refractivity contribution < 1.29 is 33.0 Å². The number of aromatic nitrogens is 1. The fourth-order valence-electron chi connectivity index (χ4n) is 6.64. The maximum atomic E-state index is 13.6. The third-order valence-corrected chi connectivity index (χ3v) is 10.0. The predicted molar refractivity (Wildman–Crippen MR) is 148 cm³/mol. The molecule has 3 aromatic rings. The van der Waals surface area contributed by atoms with Gasteiger partial charge in [-0.3, -0.25) is 14.9 Å². The lowest BCUT2D eigenvalue weighted by molar-refractivity contribution is -0.144. The van der Waals surface area contributed by atoms with Gasteiger partial charge in [-0.15, -0.1) is 11.3 Å². The zero-order chi connectivity index (χ0) is 29.5. The molecule has 1 saturated carbocycles. The highest BCUT2D eigenvalue weighted by Gasteiger charge is 2.59. The van der Waals surface area contributed by atoms with Gasteiger partial charge >= 0.3 is 0 Å². The molecule has 2 aliphatic rings. The van der Waals surface area contributed by atoms with Gasteiger partial charge in [0.2, 0.25) is 5.91 Å². The Hall–Kier alpha value is -3.28. The molecule has 1 aromatic heterocycles. The summed E-state index contributed by atoms with van der Waals surface area (Å²) in [4.78, 5) is 31.7. The maximum Gasteiger partial charge on any atom is 0.257 e. The third kappa shape index (κ3) is 5.62. The molecule has 5 rings (SSSR count). The third-order valence-electron chi connectivity index (χ3n) is 9.02. The van der Waals surface area contributed by atoms with E-state index in [1.807, 2.05) is 6.92 Å². The summed E-state index contributed by atoms with van der Waals surface area (Å²) in [6.07, 6.45) is 0.832. The predicted octanol–water partition coefficient (Wildman–Crippen LogP) is 4.93. The molecule has 0 aliphatic heterocycles. The minimum atomic E-state index is -0.819. The van der Waals surface area contributed by atoms with Crippen molar-refractivity contribution in [3.05, 3.63) is 81.6 Å². The molecule has 1 fully saturated rings. The van der Waals surface area contributed by atoms with E-state index in [1.54, 1.807) is 0 Å². The number of anilines is 1. The first kappa shape index (κ1) is 29.2. The quantitative estimate of drug-likeness (QED) is 0.313. The van der Waals surface area contributed by atoms with Gasteiger partial charge in [0.15, 0.2) is 5.13 Å². The second kappa shape index (κ2) is 11.2. The number of hydrogen-bond donors (Lipinski definition) is 4. The summed E-state index contributed by atoms with van der Waals surface area (Å²) in [5, 5.41) is 27.2. The van der Waals surface area contributed by atoms with E-state index < -0.39 is 46.2 Å². The molecule has 2 aliphatic carbocycles. The van der Waals surface area contributed by atoms with Crippen molar-refractivity contribution in [2.24, 2.45) is 16.7 Å². The second-order valence-corrected chi connectivity index (χ2v) is 12.7. The number of aliphatic hydroxyl groups excluding tert-OH is 2. The first-order valence-corrected chi connectivity index (χ1v) is 14.3. The van der Waals surface area contributed by atoms with E-state index in [1.165, 1.54) is 35.6 Å². The summed E-state index contributed by atoms with van der Waals surface area (Å²) in [6, 6.07) is 8.22. The molecule has 4 N–H and O–H groups in total. The number of fused-ring (bicyclic) bond motifs is 2. The van der Waals surface area contributed by atoms with E-state index in [0.29, 0.717) is 30.1 Å². The van der Waals surface area contributed by atoms with Crippen LogP contribution in [0.15, 0.2) is 42.5 Å². The summed E-state index contributed by atoms with van der Waals surface area (Å²) >= 11 is 1.28. The zero-order valence-electron chi connectivity index (χ0n) is 22.7. The molecular weight excluding hydrogens is 555 g/mol. The Bertz CT molecular complexity index is 1450. The molecule has 5 unspecified atom stereocenters. The van der Waals surface area contributed by atoms with E-state index in [0.717, 1.165) is 23.1 Å². The number of nitrogens with one attached hydrogen (secondary N) is 2. The van der Waals surface area contributed by atoms with Crippen LogP contribution in [0.5, 0.6) is 0 Å². The van der Waals surface area contributed by atoms with E-state index in [4.69, 9.17) is 4.98 Å². The number of aliphatic hydroxyl groups is 2. The average molecular weight is 588 g/mol. The van der Waals surface area contributed by atoms with Crippen LogP contribution in [0, 0.1) is 34.2 Å². The first-order valence-electron chi connectivity index (χ1n) is 13.5. The first-order chi connectivity index (χ1) is 19.4. The number of thiazole rings is 1. The highest BCUT2D eigenvalue weighted by atomic mass is 32.1. The van der Waals surface area contributed by atoms with Crippen LogP contribution in [0.25, 0.3) is 0 Å².